The minimum absolute atomic E-state index is 0.108. The van der Waals surface area contributed by atoms with Crippen molar-refractivity contribution in [1.29, 1.82) is 0 Å². The van der Waals surface area contributed by atoms with E-state index in [0.29, 0.717) is 23.1 Å². The molecule has 0 unspecified atom stereocenters. The number of carbonyl (C=O) groups excluding carboxylic acids is 1. The average molecular weight is 481 g/mol. The van der Waals surface area contributed by atoms with Crippen molar-refractivity contribution >= 4 is 40.0 Å². The van der Waals surface area contributed by atoms with E-state index in [1.165, 1.54) is 11.8 Å². The first-order chi connectivity index (χ1) is 16.7. The second kappa shape index (κ2) is 10.1. The van der Waals surface area contributed by atoms with Crippen LogP contribution in [0.4, 0.5) is 0 Å². The van der Waals surface area contributed by atoms with E-state index in [9.17, 15) is 4.79 Å². The molecule has 0 spiro atoms. The van der Waals surface area contributed by atoms with Gasteiger partial charge in [-0.1, -0.05) is 114 Å². The van der Waals surface area contributed by atoms with E-state index in [0.717, 1.165) is 26.5 Å². The molecule has 0 aromatic heterocycles. The average Bonchev–Trinajstić information content (AvgIpc) is 3.21. The maximum Gasteiger partial charge on any atom is 0.279 e. The SMILES string of the molecule is O=C1C(=C(Sc2ccc(Cl)cc2)c2ccccc2)N=C(c2ccccc2)N1Cc1ccccc1. The van der Waals surface area contributed by atoms with Gasteiger partial charge in [0.25, 0.3) is 5.91 Å². The molecule has 0 fully saturated rings. The Morgan fingerprint density at radius 3 is 2.00 bits per heavy atom. The number of carbonyl (C=O) groups is 1. The van der Waals surface area contributed by atoms with Crippen molar-refractivity contribution in [2.45, 2.75) is 11.4 Å². The van der Waals surface area contributed by atoms with Gasteiger partial charge in [0.2, 0.25) is 0 Å². The highest BCUT2D eigenvalue weighted by Gasteiger charge is 2.34. The summed E-state index contributed by atoms with van der Waals surface area (Å²) in [7, 11) is 0. The molecule has 4 aromatic rings. The van der Waals surface area contributed by atoms with Crippen molar-refractivity contribution in [3.05, 3.63) is 143 Å². The van der Waals surface area contributed by atoms with Crippen molar-refractivity contribution in [3.8, 4) is 0 Å². The Hall–Kier alpha value is -3.60. The summed E-state index contributed by atoms with van der Waals surface area (Å²) in [4.78, 5) is 22.4. The minimum atomic E-state index is -0.108. The Labute approximate surface area is 208 Å². The maximum absolute atomic E-state index is 13.9. The van der Waals surface area contributed by atoms with E-state index in [2.05, 4.69) is 0 Å². The summed E-state index contributed by atoms with van der Waals surface area (Å²) in [5, 5.41) is 0.675. The molecular formula is C29H21ClN2OS. The van der Waals surface area contributed by atoms with E-state index in [1.807, 2.05) is 115 Å². The van der Waals surface area contributed by atoms with Gasteiger partial charge >= 0.3 is 0 Å². The first kappa shape index (κ1) is 22.2. The van der Waals surface area contributed by atoms with Crippen molar-refractivity contribution in [1.82, 2.24) is 4.90 Å². The molecule has 0 N–H and O–H groups in total. The number of hydrogen-bond donors (Lipinski definition) is 0. The van der Waals surface area contributed by atoms with Gasteiger partial charge < -0.3 is 0 Å². The molecular weight excluding hydrogens is 460 g/mol. The normalized spacial score (nSPS) is 14.8. The van der Waals surface area contributed by atoms with E-state index in [1.54, 1.807) is 4.90 Å². The van der Waals surface area contributed by atoms with Crippen molar-refractivity contribution in [2.75, 3.05) is 0 Å². The summed E-state index contributed by atoms with van der Waals surface area (Å²) in [5.41, 5.74) is 3.35. The minimum Gasteiger partial charge on any atom is -0.286 e. The van der Waals surface area contributed by atoms with Gasteiger partial charge in [0.05, 0.1) is 11.4 Å². The number of rotatable bonds is 6. The molecule has 166 valence electrons. The standard InChI is InChI=1S/C29H21ClN2OS/c30-24-16-18-25(19-17-24)34-27(22-12-6-2-7-13-22)26-29(33)32(20-21-10-4-1-5-11-21)28(31-26)23-14-8-3-9-15-23/h1-19H,20H2. The highest BCUT2D eigenvalue weighted by Crippen LogP contribution is 2.40. The zero-order chi connectivity index (χ0) is 23.3. The lowest BCUT2D eigenvalue weighted by molar-refractivity contribution is -0.123. The van der Waals surface area contributed by atoms with Crippen molar-refractivity contribution in [3.63, 3.8) is 0 Å². The number of amidine groups is 1. The maximum atomic E-state index is 13.9. The fraction of sp³-hybridized carbons (Fsp3) is 0.0345. The number of benzene rings is 4. The fourth-order valence-corrected chi connectivity index (χ4v) is 4.88. The number of hydrogen-bond acceptors (Lipinski definition) is 3. The summed E-state index contributed by atoms with van der Waals surface area (Å²) in [6, 6.07) is 37.4. The second-order valence-electron chi connectivity index (χ2n) is 7.78. The van der Waals surface area contributed by atoms with Crippen LogP contribution >= 0.6 is 23.4 Å². The first-order valence-electron chi connectivity index (χ1n) is 10.9. The molecule has 5 rings (SSSR count). The van der Waals surface area contributed by atoms with Crippen LogP contribution in [0.5, 0.6) is 0 Å². The quantitative estimate of drug-likeness (QED) is 0.214. The van der Waals surface area contributed by atoms with Crippen LogP contribution in [0.1, 0.15) is 16.7 Å². The predicted molar refractivity (Wildman–Crippen MR) is 141 cm³/mol. The number of amides is 1. The van der Waals surface area contributed by atoms with E-state index in [4.69, 9.17) is 16.6 Å². The van der Waals surface area contributed by atoms with Gasteiger partial charge in [0, 0.05) is 15.5 Å². The first-order valence-corrected chi connectivity index (χ1v) is 12.1. The Balaban J connectivity index is 1.64. The second-order valence-corrected chi connectivity index (χ2v) is 9.30. The lowest BCUT2D eigenvalue weighted by atomic mass is 10.1. The molecule has 1 aliphatic rings. The monoisotopic (exact) mass is 480 g/mol. The van der Waals surface area contributed by atoms with Crippen LogP contribution in [0.3, 0.4) is 0 Å². The highest BCUT2D eigenvalue weighted by atomic mass is 35.5. The van der Waals surface area contributed by atoms with Crippen LogP contribution in [0, 0.1) is 0 Å². The Kier molecular flexibility index (Phi) is 6.61. The smallest absolute Gasteiger partial charge is 0.279 e. The van der Waals surface area contributed by atoms with Crippen LogP contribution < -0.4 is 0 Å². The summed E-state index contributed by atoms with van der Waals surface area (Å²) >= 11 is 7.62. The van der Waals surface area contributed by atoms with Gasteiger partial charge in [0.1, 0.15) is 11.5 Å². The lowest BCUT2D eigenvalue weighted by Gasteiger charge is -2.19. The number of nitrogens with zero attached hydrogens (tertiary/aromatic N) is 2. The van der Waals surface area contributed by atoms with Crippen LogP contribution in [0.15, 0.2) is 131 Å². The van der Waals surface area contributed by atoms with Crippen LogP contribution in [0.2, 0.25) is 5.02 Å². The Morgan fingerprint density at radius 2 is 1.35 bits per heavy atom. The summed E-state index contributed by atoms with van der Waals surface area (Å²) in [6.45, 7) is 0.449. The Bertz CT molecular complexity index is 1350. The van der Waals surface area contributed by atoms with Crippen molar-refractivity contribution in [2.24, 2.45) is 4.99 Å². The van der Waals surface area contributed by atoms with Crippen LogP contribution in [-0.4, -0.2) is 16.6 Å². The molecule has 0 saturated heterocycles. The zero-order valence-corrected chi connectivity index (χ0v) is 19.8. The summed E-state index contributed by atoms with van der Waals surface area (Å²) in [6.07, 6.45) is 0. The molecule has 0 aliphatic carbocycles. The number of halogens is 1. The molecule has 0 atom stereocenters. The number of thioether (sulfide) groups is 1. The third-order valence-corrected chi connectivity index (χ3v) is 6.81. The molecule has 4 aromatic carbocycles. The molecule has 1 amide bonds. The van der Waals surface area contributed by atoms with E-state index < -0.39 is 0 Å². The topological polar surface area (TPSA) is 32.7 Å². The van der Waals surface area contributed by atoms with E-state index in [-0.39, 0.29) is 5.91 Å². The van der Waals surface area contributed by atoms with Gasteiger partial charge in [-0.2, -0.15) is 0 Å². The summed E-state index contributed by atoms with van der Waals surface area (Å²) in [5.74, 6) is 0.553. The van der Waals surface area contributed by atoms with Crippen LogP contribution in [0.25, 0.3) is 4.91 Å². The van der Waals surface area contributed by atoms with Crippen molar-refractivity contribution < 1.29 is 4.79 Å². The third kappa shape index (κ3) is 4.84. The zero-order valence-electron chi connectivity index (χ0n) is 18.3. The molecule has 3 nitrogen and oxygen atoms in total. The Morgan fingerprint density at radius 1 is 0.765 bits per heavy atom. The van der Waals surface area contributed by atoms with Gasteiger partial charge in [-0.15, -0.1) is 0 Å². The lowest BCUT2D eigenvalue weighted by Crippen LogP contribution is -2.32. The largest absolute Gasteiger partial charge is 0.286 e. The highest BCUT2D eigenvalue weighted by molar-refractivity contribution is 8.08. The van der Waals surface area contributed by atoms with Gasteiger partial charge in [-0.3, -0.25) is 9.69 Å². The van der Waals surface area contributed by atoms with Gasteiger partial charge in [-0.25, -0.2) is 4.99 Å². The molecule has 34 heavy (non-hydrogen) atoms. The molecule has 0 bridgehead atoms. The molecule has 5 heteroatoms. The van der Waals surface area contributed by atoms with Gasteiger partial charge in [-0.05, 0) is 35.4 Å². The number of aliphatic imine (C=N–C) groups is 1. The molecule has 1 aliphatic heterocycles. The predicted octanol–water partition coefficient (Wildman–Crippen LogP) is 7.29. The molecule has 0 radical (unpaired) electrons. The van der Waals surface area contributed by atoms with Gasteiger partial charge in [0.15, 0.2) is 0 Å². The molecule has 0 saturated carbocycles. The van der Waals surface area contributed by atoms with Crippen LogP contribution in [-0.2, 0) is 11.3 Å². The third-order valence-electron chi connectivity index (χ3n) is 5.42. The summed E-state index contributed by atoms with van der Waals surface area (Å²) < 4.78 is 0. The molecule has 1 heterocycles. The fourth-order valence-electron chi connectivity index (χ4n) is 3.76. The van der Waals surface area contributed by atoms with E-state index >= 15 is 0 Å².